The summed E-state index contributed by atoms with van der Waals surface area (Å²) in [5.74, 6) is 0.0970. The second kappa shape index (κ2) is 8.01. The first-order chi connectivity index (χ1) is 15.0. The highest BCUT2D eigenvalue weighted by Crippen LogP contribution is 2.37. The molecule has 0 bridgehead atoms. The van der Waals surface area contributed by atoms with Gasteiger partial charge < -0.3 is 16.0 Å². The zero-order valence-corrected chi connectivity index (χ0v) is 19.8. The fraction of sp³-hybridized carbons (Fsp3) is 0.385. The second-order valence-electron chi connectivity index (χ2n) is 10.2. The third-order valence-corrected chi connectivity index (χ3v) is 6.21. The van der Waals surface area contributed by atoms with Crippen LogP contribution in [0.1, 0.15) is 51.9 Å². The van der Waals surface area contributed by atoms with E-state index in [0.717, 1.165) is 45.2 Å². The Balaban J connectivity index is 1.85. The number of rotatable bonds is 6. The molecule has 2 aromatic heterocycles. The van der Waals surface area contributed by atoms with Crippen LogP contribution < -0.4 is 11.1 Å². The Hall–Kier alpha value is -3.28. The van der Waals surface area contributed by atoms with Crippen molar-refractivity contribution in [2.24, 2.45) is 17.1 Å². The molecule has 2 heterocycles. The molecule has 1 atom stereocenters. The van der Waals surface area contributed by atoms with Gasteiger partial charge >= 0.3 is 0 Å². The van der Waals surface area contributed by atoms with Gasteiger partial charge in [-0.15, -0.1) is 0 Å². The number of fused-ring (bicyclic) bond motifs is 3. The number of H-pyrrole nitrogens is 1. The maximum Gasteiger partial charge on any atom is 0.250 e. The summed E-state index contributed by atoms with van der Waals surface area (Å²) in [5, 5.41) is 10.2. The highest BCUT2D eigenvalue weighted by atomic mass is 16.1. The monoisotopic (exact) mass is 431 g/mol. The van der Waals surface area contributed by atoms with Crippen LogP contribution >= 0.6 is 0 Å². The van der Waals surface area contributed by atoms with Gasteiger partial charge in [-0.2, -0.15) is 5.10 Å². The van der Waals surface area contributed by atoms with E-state index in [1.807, 2.05) is 16.9 Å². The SMILES string of the molecule is CC(C)Cn1cc(-c2ccc3c(c2)[nH]c2c(C(N)=O)ccc(N[C@@H](C)C(C)(C)C)c23)cn1. The van der Waals surface area contributed by atoms with Gasteiger partial charge in [-0.1, -0.05) is 46.8 Å². The van der Waals surface area contributed by atoms with Gasteiger partial charge in [-0.25, -0.2) is 0 Å². The third kappa shape index (κ3) is 4.09. The summed E-state index contributed by atoms with van der Waals surface area (Å²) in [5.41, 5.74) is 11.2. The molecule has 0 fully saturated rings. The number of aromatic amines is 1. The van der Waals surface area contributed by atoms with Gasteiger partial charge in [0.25, 0.3) is 5.91 Å². The first-order valence-electron chi connectivity index (χ1n) is 11.2. The minimum Gasteiger partial charge on any atom is -0.381 e. The van der Waals surface area contributed by atoms with E-state index in [1.165, 1.54) is 0 Å². The van der Waals surface area contributed by atoms with Crippen LogP contribution in [0.2, 0.25) is 0 Å². The van der Waals surface area contributed by atoms with Crippen LogP contribution in [0.5, 0.6) is 0 Å². The summed E-state index contributed by atoms with van der Waals surface area (Å²) in [6, 6.07) is 10.3. The van der Waals surface area contributed by atoms with Crippen molar-refractivity contribution in [1.29, 1.82) is 0 Å². The fourth-order valence-electron chi connectivity index (χ4n) is 3.95. The normalized spacial score (nSPS) is 13.2. The van der Waals surface area contributed by atoms with Crippen LogP contribution in [-0.4, -0.2) is 26.7 Å². The van der Waals surface area contributed by atoms with Crippen molar-refractivity contribution in [2.45, 2.75) is 54.1 Å². The Bertz CT molecular complexity index is 1290. The largest absolute Gasteiger partial charge is 0.381 e. The Morgan fingerprint density at radius 1 is 1.16 bits per heavy atom. The third-order valence-electron chi connectivity index (χ3n) is 6.21. The Morgan fingerprint density at radius 2 is 1.91 bits per heavy atom. The lowest BCUT2D eigenvalue weighted by molar-refractivity contribution is 0.100. The van der Waals surface area contributed by atoms with Crippen molar-refractivity contribution >= 4 is 33.4 Å². The van der Waals surface area contributed by atoms with Crippen molar-refractivity contribution < 1.29 is 4.79 Å². The molecule has 6 nitrogen and oxygen atoms in total. The minimum atomic E-state index is -0.438. The molecule has 6 heteroatoms. The fourth-order valence-corrected chi connectivity index (χ4v) is 3.95. The molecule has 4 N–H and O–H groups in total. The lowest BCUT2D eigenvalue weighted by Crippen LogP contribution is -2.30. The van der Waals surface area contributed by atoms with Crippen LogP contribution in [0.15, 0.2) is 42.7 Å². The molecule has 0 saturated carbocycles. The summed E-state index contributed by atoms with van der Waals surface area (Å²) in [7, 11) is 0. The van der Waals surface area contributed by atoms with Crippen molar-refractivity contribution in [3.63, 3.8) is 0 Å². The van der Waals surface area contributed by atoms with Gasteiger partial charge in [0.1, 0.15) is 0 Å². The summed E-state index contributed by atoms with van der Waals surface area (Å²) >= 11 is 0. The Labute approximate surface area is 189 Å². The number of nitrogens with zero attached hydrogens (tertiary/aromatic N) is 2. The van der Waals surface area contributed by atoms with E-state index in [1.54, 1.807) is 6.07 Å². The summed E-state index contributed by atoms with van der Waals surface area (Å²) in [6.07, 6.45) is 3.98. The van der Waals surface area contributed by atoms with Gasteiger partial charge in [0.15, 0.2) is 0 Å². The van der Waals surface area contributed by atoms with Crippen LogP contribution in [0.25, 0.3) is 32.9 Å². The van der Waals surface area contributed by atoms with Gasteiger partial charge in [0, 0.05) is 46.3 Å². The number of carbonyl (C=O) groups is 1. The molecule has 168 valence electrons. The van der Waals surface area contributed by atoms with Crippen LogP contribution in [-0.2, 0) is 6.54 Å². The molecule has 4 rings (SSSR count). The molecular weight excluding hydrogens is 398 g/mol. The number of primary amides is 1. The smallest absolute Gasteiger partial charge is 0.250 e. The maximum absolute atomic E-state index is 12.1. The van der Waals surface area contributed by atoms with Crippen LogP contribution in [0, 0.1) is 11.3 Å². The van der Waals surface area contributed by atoms with Crippen molar-refractivity contribution in [3.05, 3.63) is 48.3 Å². The first-order valence-corrected chi connectivity index (χ1v) is 11.2. The van der Waals surface area contributed by atoms with E-state index in [9.17, 15) is 4.79 Å². The first kappa shape index (κ1) is 21.9. The van der Waals surface area contributed by atoms with Crippen LogP contribution in [0.3, 0.4) is 0 Å². The van der Waals surface area contributed by atoms with E-state index < -0.39 is 5.91 Å². The van der Waals surface area contributed by atoms with E-state index in [2.05, 4.69) is 81.3 Å². The molecule has 0 saturated heterocycles. The molecule has 4 aromatic rings. The average Bonchev–Trinajstić information content (AvgIpc) is 3.30. The highest BCUT2D eigenvalue weighted by Gasteiger charge is 2.22. The number of carbonyl (C=O) groups excluding carboxylic acids is 1. The van der Waals surface area contributed by atoms with E-state index in [4.69, 9.17) is 5.73 Å². The van der Waals surface area contributed by atoms with Gasteiger partial charge in [0.2, 0.25) is 0 Å². The van der Waals surface area contributed by atoms with E-state index in [0.29, 0.717) is 11.5 Å². The Kier molecular flexibility index (Phi) is 5.49. The topological polar surface area (TPSA) is 88.7 Å². The summed E-state index contributed by atoms with van der Waals surface area (Å²) in [6.45, 7) is 14.1. The van der Waals surface area contributed by atoms with Crippen LogP contribution in [0.4, 0.5) is 5.69 Å². The lowest BCUT2D eigenvalue weighted by atomic mass is 9.87. The standard InChI is InChI=1S/C26H33N5O/c1-15(2)13-31-14-18(12-28-31)17-7-8-19-22(11-17)30-24-20(25(27)32)9-10-21(23(19)24)29-16(3)26(4,5)6/h7-12,14-16,29-30H,13H2,1-6H3,(H2,27,32)/t16-/m0/s1. The van der Waals surface area contributed by atoms with Gasteiger partial charge in [0.05, 0.1) is 17.3 Å². The quantitative estimate of drug-likeness (QED) is 0.361. The Morgan fingerprint density at radius 3 is 2.56 bits per heavy atom. The van der Waals surface area contributed by atoms with Crippen molar-refractivity contribution in [3.8, 4) is 11.1 Å². The zero-order chi connectivity index (χ0) is 23.2. The molecule has 0 aliphatic rings. The average molecular weight is 432 g/mol. The predicted octanol–water partition coefficient (Wildman–Crippen LogP) is 5.79. The number of anilines is 1. The predicted molar refractivity (Wildman–Crippen MR) is 133 cm³/mol. The van der Waals surface area contributed by atoms with Crippen molar-refractivity contribution in [1.82, 2.24) is 14.8 Å². The second-order valence-corrected chi connectivity index (χ2v) is 10.2. The minimum absolute atomic E-state index is 0.0874. The molecule has 1 amide bonds. The summed E-state index contributed by atoms with van der Waals surface area (Å²) in [4.78, 5) is 15.6. The molecule has 0 radical (unpaired) electrons. The zero-order valence-electron chi connectivity index (χ0n) is 19.8. The molecule has 2 aromatic carbocycles. The summed E-state index contributed by atoms with van der Waals surface area (Å²) < 4.78 is 1.98. The molecule has 0 unspecified atom stereocenters. The van der Waals surface area contributed by atoms with Gasteiger partial charge in [-0.05, 0) is 42.0 Å². The molecule has 0 aliphatic carbocycles. The van der Waals surface area contributed by atoms with Gasteiger partial charge in [-0.3, -0.25) is 9.48 Å². The number of hydrogen-bond acceptors (Lipinski definition) is 3. The molecule has 0 spiro atoms. The van der Waals surface area contributed by atoms with Crippen molar-refractivity contribution in [2.75, 3.05) is 5.32 Å². The number of aromatic nitrogens is 3. The molecular formula is C26H33N5O. The molecule has 0 aliphatic heterocycles. The maximum atomic E-state index is 12.1. The highest BCUT2D eigenvalue weighted by molar-refractivity contribution is 6.19. The number of hydrogen-bond donors (Lipinski definition) is 3. The molecule has 32 heavy (non-hydrogen) atoms. The van der Waals surface area contributed by atoms with E-state index >= 15 is 0 Å². The number of benzene rings is 2. The van der Waals surface area contributed by atoms with E-state index in [-0.39, 0.29) is 11.5 Å². The lowest BCUT2D eigenvalue weighted by Gasteiger charge is -2.29. The number of nitrogens with two attached hydrogens (primary N) is 1. The number of amides is 1. The number of nitrogens with one attached hydrogen (secondary N) is 2.